The van der Waals surface area contributed by atoms with Crippen LogP contribution in [-0.2, 0) is 14.3 Å². The number of benzene rings is 2. The maximum Gasteiger partial charge on any atom is 0.410 e. The second-order valence-corrected chi connectivity index (χ2v) is 14.5. The molecule has 10 nitrogen and oxygen atoms in total. The predicted molar refractivity (Wildman–Crippen MR) is 194 cm³/mol. The van der Waals surface area contributed by atoms with E-state index in [0.29, 0.717) is 83.1 Å². The fraction of sp³-hybridized carbons (Fsp3) is 0.595. The van der Waals surface area contributed by atoms with Gasteiger partial charge in [-0.25, -0.2) is 22.4 Å². The second-order valence-electron chi connectivity index (χ2n) is 14.5. The minimum atomic E-state index is -0.615. The molecule has 6 rings (SSSR count). The minimum Gasteiger partial charge on any atom is -0.444 e. The van der Waals surface area contributed by atoms with Crippen LogP contribution in [0.25, 0.3) is 0 Å². The smallest absolute Gasteiger partial charge is 0.410 e. The Labute approximate surface area is 309 Å². The van der Waals surface area contributed by atoms with Gasteiger partial charge in [0.2, 0.25) is 11.8 Å². The highest BCUT2D eigenvalue weighted by molar-refractivity contribution is 5.86. The number of likely N-dealkylation sites (tertiary alicyclic amines) is 1. The van der Waals surface area contributed by atoms with Crippen molar-refractivity contribution in [2.45, 2.75) is 77.0 Å². The van der Waals surface area contributed by atoms with Crippen LogP contribution >= 0.6 is 12.4 Å². The van der Waals surface area contributed by atoms with Gasteiger partial charge in [-0.15, -0.1) is 12.4 Å². The van der Waals surface area contributed by atoms with Crippen molar-refractivity contribution in [2.24, 2.45) is 0 Å². The minimum absolute atomic E-state index is 0. The summed E-state index contributed by atoms with van der Waals surface area (Å²) in [6.45, 7) is 11.3. The van der Waals surface area contributed by atoms with Crippen LogP contribution < -0.4 is 15.1 Å². The molecule has 0 saturated carbocycles. The molecule has 288 valence electrons. The summed E-state index contributed by atoms with van der Waals surface area (Å²) < 4.78 is 59.7. The Kier molecular flexibility index (Phi) is 14.4. The highest BCUT2D eigenvalue weighted by Gasteiger charge is 2.39. The molecule has 52 heavy (non-hydrogen) atoms. The average molecular weight is 755 g/mol. The van der Waals surface area contributed by atoms with E-state index < -0.39 is 41.0 Å². The van der Waals surface area contributed by atoms with E-state index in [1.54, 1.807) is 25.7 Å². The molecule has 2 aromatic carbocycles. The average Bonchev–Trinajstić information content (AvgIpc) is 3.67. The summed E-state index contributed by atoms with van der Waals surface area (Å²) in [6, 6.07) is 6.63. The van der Waals surface area contributed by atoms with Crippen molar-refractivity contribution in [3.8, 4) is 0 Å². The molecule has 0 aliphatic carbocycles. The lowest BCUT2D eigenvalue weighted by Crippen LogP contribution is -2.49. The van der Waals surface area contributed by atoms with Gasteiger partial charge in [0, 0.05) is 71.0 Å². The lowest BCUT2D eigenvalue weighted by atomic mass is 10.2. The zero-order valence-corrected chi connectivity index (χ0v) is 31.0. The number of hydrogen-bond acceptors (Lipinski definition) is 7. The molecule has 0 aromatic heterocycles. The van der Waals surface area contributed by atoms with Crippen molar-refractivity contribution in [3.05, 3.63) is 59.7 Å². The van der Waals surface area contributed by atoms with E-state index in [2.05, 4.69) is 5.32 Å². The van der Waals surface area contributed by atoms with Gasteiger partial charge in [0.05, 0.1) is 17.4 Å². The molecule has 3 amide bonds. The number of nitrogens with zero attached hydrogens (tertiary/aromatic N) is 5. The van der Waals surface area contributed by atoms with E-state index in [-0.39, 0.29) is 30.3 Å². The van der Waals surface area contributed by atoms with Crippen LogP contribution in [0.5, 0.6) is 0 Å². The Morgan fingerprint density at radius 1 is 0.673 bits per heavy atom. The molecule has 4 fully saturated rings. The van der Waals surface area contributed by atoms with Gasteiger partial charge >= 0.3 is 6.09 Å². The van der Waals surface area contributed by atoms with Crippen LogP contribution in [0.2, 0.25) is 0 Å². The first kappa shape index (κ1) is 41.0. The lowest BCUT2D eigenvalue weighted by Gasteiger charge is -2.31. The maximum absolute atomic E-state index is 14.1. The van der Waals surface area contributed by atoms with Gasteiger partial charge in [-0.1, -0.05) is 0 Å². The fourth-order valence-electron chi connectivity index (χ4n) is 7.12. The van der Waals surface area contributed by atoms with E-state index >= 15 is 0 Å². The van der Waals surface area contributed by atoms with Gasteiger partial charge in [0.15, 0.2) is 0 Å². The number of ether oxygens (including phenoxy) is 1. The van der Waals surface area contributed by atoms with Crippen molar-refractivity contribution in [3.63, 3.8) is 0 Å². The first-order chi connectivity index (χ1) is 24.3. The molecule has 0 bridgehead atoms. The lowest BCUT2D eigenvalue weighted by molar-refractivity contribution is -0.135. The van der Waals surface area contributed by atoms with Crippen molar-refractivity contribution >= 4 is 41.7 Å². The summed E-state index contributed by atoms with van der Waals surface area (Å²) in [6.07, 6.45) is 4.30. The van der Waals surface area contributed by atoms with Crippen molar-refractivity contribution < 1.29 is 36.7 Å². The normalized spacial score (nSPS) is 21.1. The summed E-state index contributed by atoms with van der Waals surface area (Å²) in [5, 5.41) is 3.23. The highest BCUT2D eigenvalue weighted by atomic mass is 35.5. The molecule has 2 atom stereocenters. The molecular weight excluding hydrogens is 704 g/mol. The van der Waals surface area contributed by atoms with Gasteiger partial charge in [0.25, 0.3) is 0 Å². The van der Waals surface area contributed by atoms with Crippen molar-refractivity contribution in [1.82, 2.24) is 20.0 Å². The van der Waals surface area contributed by atoms with Crippen LogP contribution in [0.4, 0.5) is 33.7 Å². The Morgan fingerprint density at radius 2 is 1.21 bits per heavy atom. The summed E-state index contributed by atoms with van der Waals surface area (Å²) in [5.74, 6) is -2.26. The maximum atomic E-state index is 14.1. The zero-order chi connectivity index (χ0) is 36.7. The number of rotatable bonds is 4. The summed E-state index contributed by atoms with van der Waals surface area (Å²) in [5.41, 5.74) is 0.141. The Bertz CT molecular complexity index is 1540. The first-order valence-corrected chi connectivity index (χ1v) is 18.0. The predicted octanol–water partition coefficient (Wildman–Crippen LogP) is 5.58. The van der Waals surface area contributed by atoms with Crippen LogP contribution in [0.3, 0.4) is 0 Å². The molecule has 15 heteroatoms. The molecule has 1 N–H and O–H groups in total. The van der Waals surface area contributed by atoms with Crippen LogP contribution in [-0.4, -0.2) is 116 Å². The van der Waals surface area contributed by atoms with Gasteiger partial charge in [0.1, 0.15) is 34.9 Å². The van der Waals surface area contributed by atoms with Crippen LogP contribution in [0.15, 0.2) is 36.4 Å². The topological polar surface area (TPSA) is 88.7 Å². The summed E-state index contributed by atoms with van der Waals surface area (Å²) in [4.78, 5) is 46.9. The van der Waals surface area contributed by atoms with Crippen molar-refractivity contribution in [2.75, 3.05) is 75.2 Å². The molecule has 0 unspecified atom stereocenters. The van der Waals surface area contributed by atoms with Gasteiger partial charge in [-0.05, 0) is 90.1 Å². The highest BCUT2D eigenvalue weighted by Crippen LogP contribution is 2.26. The zero-order valence-electron chi connectivity index (χ0n) is 30.2. The third-order valence-electron chi connectivity index (χ3n) is 9.64. The van der Waals surface area contributed by atoms with Gasteiger partial charge in [-0.2, -0.15) is 0 Å². The second kappa shape index (κ2) is 18.3. The van der Waals surface area contributed by atoms with E-state index in [1.165, 1.54) is 29.2 Å². The van der Waals surface area contributed by atoms with E-state index in [1.807, 2.05) is 14.7 Å². The fourth-order valence-corrected chi connectivity index (χ4v) is 7.12. The van der Waals surface area contributed by atoms with E-state index in [9.17, 15) is 31.9 Å². The summed E-state index contributed by atoms with van der Waals surface area (Å²) in [7, 11) is 0. The third kappa shape index (κ3) is 10.6. The SMILES string of the molecule is CC(C)(C)OC(=O)N1CCC[C@H]1C(=O)N1CCCN(c2ccc(F)cc2F)CC1.Cl.O=C([C@@H]1CCCN1)N1CCCN(c2ccc(F)cc2F)CC1. The molecule has 4 aliphatic heterocycles. The third-order valence-corrected chi connectivity index (χ3v) is 9.64. The summed E-state index contributed by atoms with van der Waals surface area (Å²) >= 11 is 0. The number of halogens is 5. The molecule has 4 aliphatic rings. The number of amides is 3. The Balaban J connectivity index is 0.000000236. The monoisotopic (exact) mass is 754 g/mol. The number of nitrogens with one attached hydrogen (secondary N) is 1. The standard InChI is InChI=1S/C21H29F2N3O3.C16H21F2N3O.ClH/c1-21(2,3)29-20(28)26-11-4-6-18(26)19(27)25-10-5-9-24(12-13-25)17-8-7-15(22)14-16(17)23;17-12-4-5-15(13(18)11-12)20-7-2-8-21(10-9-20)16(22)14-3-1-6-19-14;/h7-8,14,18H,4-6,9-13H2,1-3H3;4-5,11,14,19H,1-3,6-10H2;1H/t18-;14-;/m00./s1. The van der Waals surface area contributed by atoms with Crippen LogP contribution in [0.1, 0.15) is 59.3 Å². The quantitative estimate of drug-likeness (QED) is 0.408. The molecule has 0 spiro atoms. The van der Waals surface area contributed by atoms with Gasteiger partial charge < -0.3 is 29.7 Å². The Morgan fingerprint density at radius 3 is 1.69 bits per heavy atom. The Hall–Kier alpha value is -3.78. The van der Waals surface area contributed by atoms with Gasteiger partial charge in [-0.3, -0.25) is 14.5 Å². The van der Waals surface area contributed by atoms with E-state index in [4.69, 9.17) is 4.74 Å². The van der Waals surface area contributed by atoms with Crippen molar-refractivity contribution in [1.29, 1.82) is 0 Å². The molecule has 4 heterocycles. The van der Waals surface area contributed by atoms with E-state index in [0.717, 1.165) is 44.4 Å². The molecule has 0 radical (unpaired) electrons. The number of carbonyl (C=O) groups is 3. The largest absolute Gasteiger partial charge is 0.444 e. The number of anilines is 2. The molecular formula is C37H51ClF4N6O4. The number of carbonyl (C=O) groups excluding carboxylic acids is 3. The molecule has 2 aromatic rings. The van der Waals surface area contributed by atoms with Crippen LogP contribution in [0, 0.1) is 23.3 Å². The number of hydrogen-bond donors (Lipinski definition) is 1. The molecule has 4 saturated heterocycles. The first-order valence-electron chi connectivity index (χ1n) is 18.0.